The SMILES string of the molecule is CCC(C)(CNC1CC1)CN(Cc1ccsc1)C1CC1. The van der Waals surface area contributed by atoms with Crippen LogP contribution < -0.4 is 5.32 Å². The van der Waals surface area contributed by atoms with Crippen LogP contribution in [-0.2, 0) is 6.54 Å². The number of nitrogens with one attached hydrogen (secondary N) is 1. The number of hydrogen-bond acceptors (Lipinski definition) is 3. The molecule has 0 radical (unpaired) electrons. The van der Waals surface area contributed by atoms with Crippen molar-refractivity contribution in [2.45, 2.75) is 64.6 Å². The molecule has 2 aliphatic carbocycles. The van der Waals surface area contributed by atoms with Crippen molar-refractivity contribution >= 4 is 11.3 Å². The lowest BCUT2D eigenvalue weighted by molar-refractivity contribution is 0.141. The van der Waals surface area contributed by atoms with Crippen LogP contribution in [-0.4, -0.2) is 30.1 Å². The second-order valence-corrected chi connectivity index (χ2v) is 7.87. The fourth-order valence-electron chi connectivity index (χ4n) is 2.83. The highest BCUT2D eigenvalue weighted by molar-refractivity contribution is 7.07. The van der Waals surface area contributed by atoms with Gasteiger partial charge in [0.25, 0.3) is 0 Å². The lowest BCUT2D eigenvalue weighted by atomic mass is 9.86. The van der Waals surface area contributed by atoms with Crippen LogP contribution in [0.25, 0.3) is 0 Å². The second kappa shape index (κ2) is 6.17. The largest absolute Gasteiger partial charge is 0.313 e. The summed E-state index contributed by atoms with van der Waals surface area (Å²) in [6.07, 6.45) is 6.85. The number of nitrogens with zero attached hydrogens (tertiary/aromatic N) is 1. The van der Waals surface area contributed by atoms with Crippen molar-refractivity contribution < 1.29 is 0 Å². The van der Waals surface area contributed by atoms with Crippen LogP contribution in [0.2, 0.25) is 0 Å². The molecule has 2 aliphatic rings. The van der Waals surface area contributed by atoms with E-state index in [-0.39, 0.29) is 0 Å². The summed E-state index contributed by atoms with van der Waals surface area (Å²) in [6.45, 7) is 8.38. The summed E-state index contributed by atoms with van der Waals surface area (Å²) < 4.78 is 0. The van der Waals surface area contributed by atoms with Gasteiger partial charge in [0.15, 0.2) is 0 Å². The molecule has 3 heteroatoms. The van der Waals surface area contributed by atoms with Gasteiger partial charge in [0, 0.05) is 31.7 Å². The molecular weight excluding hydrogens is 264 g/mol. The summed E-state index contributed by atoms with van der Waals surface area (Å²) in [5.74, 6) is 0. The van der Waals surface area contributed by atoms with Crippen molar-refractivity contribution in [3.05, 3.63) is 22.4 Å². The Morgan fingerprint density at radius 3 is 2.70 bits per heavy atom. The van der Waals surface area contributed by atoms with Crippen molar-refractivity contribution in [2.75, 3.05) is 13.1 Å². The molecule has 2 fully saturated rings. The first-order chi connectivity index (χ1) is 9.68. The van der Waals surface area contributed by atoms with Gasteiger partial charge >= 0.3 is 0 Å². The van der Waals surface area contributed by atoms with Gasteiger partial charge in [-0.25, -0.2) is 0 Å². The van der Waals surface area contributed by atoms with Gasteiger partial charge in [-0.2, -0.15) is 11.3 Å². The molecule has 1 aromatic rings. The van der Waals surface area contributed by atoms with Gasteiger partial charge in [0.2, 0.25) is 0 Å². The van der Waals surface area contributed by atoms with Gasteiger partial charge < -0.3 is 5.32 Å². The number of hydrogen-bond donors (Lipinski definition) is 1. The standard InChI is InChI=1S/C17H28N2S/c1-3-17(2,12-18-15-4-5-15)13-19(16-6-7-16)10-14-8-9-20-11-14/h8-9,11,15-16,18H,3-7,10,12-13H2,1-2H3. The highest BCUT2D eigenvalue weighted by atomic mass is 32.1. The Morgan fingerprint density at radius 2 is 2.15 bits per heavy atom. The second-order valence-electron chi connectivity index (χ2n) is 7.09. The summed E-state index contributed by atoms with van der Waals surface area (Å²) in [4.78, 5) is 2.74. The molecule has 2 saturated carbocycles. The average molecular weight is 292 g/mol. The predicted octanol–water partition coefficient (Wildman–Crippen LogP) is 3.88. The van der Waals surface area contributed by atoms with Gasteiger partial charge in [-0.05, 0) is 59.9 Å². The van der Waals surface area contributed by atoms with E-state index >= 15 is 0 Å². The molecule has 0 spiro atoms. The Morgan fingerprint density at radius 1 is 1.35 bits per heavy atom. The van der Waals surface area contributed by atoms with E-state index in [0.717, 1.165) is 18.6 Å². The Balaban J connectivity index is 1.58. The summed E-state index contributed by atoms with van der Waals surface area (Å²) in [6, 6.07) is 3.96. The topological polar surface area (TPSA) is 15.3 Å². The van der Waals surface area contributed by atoms with E-state index < -0.39 is 0 Å². The molecule has 0 aromatic carbocycles. The normalized spacial score (nSPS) is 22.1. The van der Waals surface area contributed by atoms with E-state index in [1.807, 2.05) is 11.3 Å². The monoisotopic (exact) mass is 292 g/mol. The Kier molecular flexibility index (Phi) is 4.49. The maximum Gasteiger partial charge on any atom is 0.0245 e. The molecule has 0 saturated heterocycles. The van der Waals surface area contributed by atoms with Gasteiger partial charge in [-0.15, -0.1) is 0 Å². The molecule has 1 N–H and O–H groups in total. The van der Waals surface area contributed by atoms with Crippen LogP contribution >= 0.6 is 11.3 Å². The van der Waals surface area contributed by atoms with Crippen LogP contribution in [0.1, 0.15) is 51.5 Å². The van der Waals surface area contributed by atoms with Crippen LogP contribution in [0.4, 0.5) is 0 Å². The molecule has 0 amide bonds. The van der Waals surface area contributed by atoms with Crippen LogP contribution in [0.15, 0.2) is 16.8 Å². The quantitative estimate of drug-likeness (QED) is 0.743. The predicted molar refractivity (Wildman–Crippen MR) is 87.2 cm³/mol. The van der Waals surface area contributed by atoms with Gasteiger partial charge in [-0.1, -0.05) is 13.8 Å². The average Bonchev–Trinajstić information content (AvgIpc) is 3.36. The minimum Gasteiger partial charge on any atom is -0.313 e. The molecule has 1 unspecified atom stereocenters. The molecule has 0 aliphatic heterocycles. The third-order valence-corrected chi connectivity index (χ3v) is 5.59. The van der Waals surface area contributed by atoms with E-state index in [2.05, 4.69) is 40.9 Å². The highest BCUT2D eigenvalue weighted by Gasteiger charge is 2.35. The van der Waals surface area contributed by atoms with Crippen molar-refractivity contribution in [2.24, 2.45) is 5.41 Å². The number of rotatable bonds is 9. The molecule has 3 rings (SSSR count). The fraction of sp³-hybridized carbons (Fsp3) is 0.765. The summed E-state index contributed by atoms with van der Waals surface area (Å²) in [7, 11) is 0. The summed E-state index contributed by atoms with van der Waals surface area (Å²) in [5.41, 5.74) is 1.91. The lowest BCUT2D eigenvalue weighted by Crippen LogP contribution is -2.43. The van der Waals surface area contributed by atoms with Crippen molar-refractivity contribution in [1.82, 2.24) is 10.2 Å². The maximum atomic E-state index is 3.75. The fourth-order valence-corrected chi connectivity index (χ4v) is 3.49. The Hall–Kier alpha value is -0.380. The lowest BCUT2D eigenvalue weighted by Gasteiger charge is -2.35. The molecule has 0 bridgehead atoms. The highest BCUT2D eigenvalue weighted by Crippen LogP contribution is 2.33. The molecule has 1 atom stereocenters. The zero-order valence-electron chi connectivity index (χ0n) is 12.9. The van der Waals surface area contributed by atoms with Crippen LogP contribution in [0.3, 0.4) is 0 Å². The van der Waals surface area contributed by atoms with E-state index in [0.29, 0.717) is 5.41 Å². The molecule has 20 heavy (non-hydrogen) atoms. The van der Waals surface area contributed by atoms with Gasteiger partial charge in [-0.3, -0.25) is 4.90 Å². The molecule has 1 aromatic heterocycles. The van der Waals surface area contributed by atoms with E-state index in [9.17, 15) is 0 Å². The molecular formula is C17H28N2S. The minimum atomic E-state index is 0.418. The first-order valence-electron chi connectivity index (χ1n) is 8.17. The minimum absolute atomic E-state index is 0.418. The third-order valence-electron chi connectivity index (χ3n) is 4.86. The van der Waals surface area contributed by atoms with Gasteiger partial charge in [0.1, 0.15) is 0 Å². The Labute approximate surface area is 127 Å². The van der Waals surface area contributed by atoms with Crippen molar-refractivity contribution in [3.63, 3.8) is 0 Å². The van der Waals surface area contributed by atoms with Crippen LogP contribution in [0.5, 0.6) is 0 Å². The first kappa shape index (κ1) is 14.6. The van der Waals surface area contributed by atoms with Crippen molar-refractivity contribution in [3.8, 4) is 0 Å². The third kappa shape index (κ3) is 4.06. The zero-order valence-corrected chi connectivity index (χ0v) is 13.7. The first-order valence-corrected chi connectivity index (χ1v) is 9.11. The summed E-state index contributed by atoms with van der Waals surface area (Å²) in [5, 5.41) is 8.26. The van der Waals surface area contributed by atoms with E-state index in [1.54, 1.807) is 0 Å². The Bertz CT molecular complexity index is 409. The van der Waals surface area contributed by atoms with Crippen LogP contribution in [0, 0.1) is 5.41 Å². The molecule has 112 valence electrons. The van der Waals surface area contributed by atoms with E-state index in [1.165, 1.54) is 50.8 Å². The zero-order chi connectivity index (χ0) is 14.0. The smallest absolute Gasteiger partial charge is 0.0245 e. The maximum absolute atomic E-state index is 3.75. The van der Waals surface area contributed by atoms with E-state index in [4.69, 9.17) is 0 Å². The molecule has 1 heterocycles. The number of thiophene rings is 1. The summed E-state index contributed by atoms with van der Waals surface area (Å²) >= 11 is 1.82. The van der Waals surface area contributed by atoms with Gasteiger partial charge in [0.05, 0.1) is 0 Å². The van der Waals surface area contributed by atoms with Crippen molar-refractivity contribution in [1.29, 1.82) is 0 Å². The molecule has 2 nitrogen and oxygen atoms in total.